The second kappa shape index (κ2) is 4.07. The first-order valence-corrected chi connectivity index (χ1v) is 6.36. The van der Waals surface area contributed by atoms with Gasteiger partial charge in [0, 0.05) is 16.6 Å². The lowest BCUT2D eigenvalue weighted by molar-refractivity contribution is 0.629. The summed E-state index contributed by atoms with van der Waals surface area (Å²) in [6, 6.07) is 15.8. The van der Waals surface area contributed by atoms with Gasteiger partial charge in [0.1, 0.15) is 11.3 Å². The average molecular weight is 335 g/mol. The van der Waals surface area contributed by atoms with E-state index < -0.39 is 0 Å². The highest BCUT2D eigenvalue weighted by molar-refractivity contribution is 14.1. The molecule has 84 valence electrons. The zero-order valence-electron chi connectivity index (χ0n) is 8.98. The van der Waals surface area contributed by atoms with E-state index in [1.165, 1.54) is 0 Å². The maximum Gasteiger partial charge on any atom is 0.148 e. The summed E-state index contributed by atoms with van der Waals surface area (Å²) in [5, 5.41) is 1.07. The molecule has 3 aromatic rings. The van der Waals surface area contributed by atoms with Crippen molar-refractivity contribution in [2.45, 2.75) is 0 Å². The number of nitrogen functional groups attached to an aromatic ring is 1. The van der Waals surface area contributed by atoms with Gasteiger partial charge >= 0.3 is 0 Å². The number of anilines is 1. The van der Waals surface area contributed by atoms with Gasteiger partial charge < -0.3 is 10.2 Å². The summed E-state index contributed by atoms with van der Waals surface area (Å²) < 4.78 is 6.98. The smallest absolute Gasteiger partial charge is 0.148 e. The third-order valence-electron chi connectivity index (χ3n) is 2.69. The molecule has 3 heteroatoms. The predicted molar refractivity (Wildman–Crippen MR) is 78.8 cm³/mol. The second-order valence-corrected chi connectivity index (χ2v) is 4.95. The fourth-order valence-corrected chi connectivity index (χ4v) is 2.70. The van der Waals surface area contributed by atoms with E-state index in [1.807, 2.05) is 48.5 Å². The first kappa shape index (κ1) is 10.7. The van der Waals surface area contributed by atoms with Crippen LogP contribution in [0.4, 0.5) is 5.69 Å². The Bertz CT molecular complexity index is 673. The first-order valence-electron chi connectivity index (χ1n) is 5.28. The normalized spacial score (nSPS) is 10.9. The summed E-state index contributed by atoms with van der Waals surface area (Å²) >= 11 is 2.30. The van der Waals surface area contributed by atoms with Gasteiger partial charge in [0.05, 0.1) is 3.57 Å². The van der Waals surface area contributed by atoms with Crippen LogP contribution in [-0.4, -0.2) is 0 Å². The van der Waals surface area contributed by atoms with Crippen molar-refractivity contribution in [2.24, 2.45) is 0 Å². The number of halogens is 1. The molecule has 0 unspecified atom stereocenters. The van der Waals surface area contributed by atoms with E-state index in [-0.39, 0.29) is 0 Å². The van der Waals surface area contributed by atoms with Crippen LogP contribution in [0.15, 0.2) is 52.9 Å². The standard InChI is InChI=1S/C14H10INO/c15-13-11-8-10(16)6-7-12(11)17-14(13)9-4-2-1-3-5-9/h1-8H,16H2. The van der Waals surface area contributed by atoms with Gasteiger partial charge in [-0.3, -0.25) is 0 Å². The van der Waals surface area contributed by atoms with Crippen molar-refractivity contribution in [1.29, 1.82) is 0 Å². The topological polar surface area (TPSA) is 39.2 Å². The molecule has 0 saturated carbocycles. The van der Waals surface area contributed by atoms with Gasteiger partial charge in [0.2, 0.25) is 0 Å². The van der Waals surface area contributed by atoms with E-state index in [0.717, 1.165) is 31.6 Å². The molecule has 0 spiro atoms. The summed E-state index contributed by atoms with van der Waals surface area (Å²) in [7, 11) is 0. The molecule has 3 rings (SSSR count). The summed E-state index contributed by atoms with van der Waals surface area (Å²) in [5.74, 6) is 0.909. The van der Waals surface area contributed by atoms with Crippen LogP contribution >= 0.6 is 22.6 Å². The summed E-state index contributed by atoms with van der Waals surface area (Å²) in [6.07, 6.45) is 0. The lowest BCUT2D eigenvalue weighted by Crippen LogP contribution is -1.82. The molecule has 2 nitrogen and oxygen atoms in total. The minimum atomic E-state index is 0.760. The van der Waals surface area contributed by atoms with Gasteiger partial charge in [-0.05, 0) is 40.8 Å². The van der Waals surface area contributed by atoms with Crippen LogP contribution in [0.3, 0.4) is 0 Å². The highest BCUT2D eigenvalue weighted by Gasteiger charge is 2.13. The van der Waals surface area contributed by atoms with Crippen molar-refractivity contribution in [3.63, 3.8) is 0 Å². The summed E-state index contributed by atoms with van der Waals surface area (Å²) in [6.45, 7) is 0. The van der Waals surface area contributed by atoms with Gasteiger partial charge in [-0.1, -0.05) is 30.3 Å². The molecule has 1 aromatic heterocycles. The molecule has 2 aromatic carbocycles. The van der Waals surface area contributed by atoms with Crippen molar-refractivity contribution in [2.75, 3.05) is 5.73 Å². The Hall–Kier alpha value is -1.49. The van der Waals surface area contributed by atoms with Crippen LogP contribution in [0.1, 0.15) is 0 Å². The van der Waals surface area contributed by atoms with E-state index in [1.54, 1.807) is 0 Å². The fourth-order valence-electron chi connectivity index (χ4n) is 1.86. The SMILES string of the molecule is Nc1ccc2oc(-c3ccccc3)c(I)c2c1. The van der Waals surface area contributed by atoms with Crippen LogP contribution in [0.5, 0.6) is 0 Å². The molecule has 0 saturated heterocycles. The van der Waals surface area contributed by atoms with E-state index in [2.05, 4.69) is 22.6 Å². The van der Waals surface area contributed by atoms with Gasteiger partial charge in [0.15, 0.2) is 0 Å². The molecule has 0 radical (unpaired) electrons. The maximum atomic E-state index is 5.88. The molecule has 2 N–H and O–H groups in total. The van der Waals surface area contributed by atoms with Gasteiger partial charge in [0.25, 0.3) is 0 Å². The Labute approximate surface area is 113 Å². The molecule has 0 bridgehead atoms. The van der Waals surface area contributed by atoms with E-state index in [4.69, 9.17) is 10.2 Å². The van der Waals surface area contributed by atoms with Crippen molar-refractivity contribution in [3.05, 3.63) is 52.1 Å². The van der Waals surface area contributed by atoms with Crippen LogP contribution in [0, 0.1) is 3.57 Å². The molecule has 0 atom stereocenters. The fraction of sp³-hybridized carbons (Fsp3) is 0. The predicted octanol–water partition coefficient (Wildman–Crippen LogP) is 4.29. The van der Waals surface area contributed by atoms with E-state index in [9.17, 15) is 0 Å². The Morgan fingerprint density at radius 1 is 1.00 bits per heavy atom. The Morgan fingerprint density at radius 2 is 1.76 bits per heavy atom. The number of nitrogens with two attached hydrogens (primary N) is 1. The number of furan rings is 1. The molecule has 0 fully saturated rings. The minimum absolute atomic E-state index is 0.760. The molecular formula is C14H10INO. The third-order valence-corrected chi connectivity index (χ3v) is 3.76. The minimum Gasteiger partial charge on any atom is -0.455 e. The molecule has 0 aliphatic heterocycles. The van der Waals surface area contributed by atoms with Crippen LogP contribution in [0.25, 0.3) is 22.3 Å². The van der Waals surface area contributed by atoms with Crippen molar-refractivity contribution in [1.82, 2.24) is 0 Å². The quantitative estimate of drug-likeness (QED) is 0.532. The molecule has 0 aliphatic rings. The number of rotatable bonds is 1. The molecule has 17 heavy (non-hydrogen) atoms. The van der Waals surface area contributed by atoms with Crippen LogP contribution in [-0.2, 0) is 0 Å². The third kappa shape index (κ3) is 1.80. The Kier molecular flexibility index (Phi) is 2.55. The summed E-state index contributed by atoms with van der Waals surface area (Å²) in [5.41, 5.74) is 8.52. The lowest BCUT2D eigenvalue weighted by Gasteiger charge is -1.96. The Morgan fingerprint density at radius 3 is 2.53 bits per heavy atom. The zero-order chi connectivity index (χ0) is 11.8. The molecular weight excluding hydrogens is 325 g/mol. The van der Waals surface area contributed by atoms with Crippen molar-refractivity contribution in [3.8, 4) is 11.3 Å². The molecule has 0 aliphatic carbocycles. The molecule has 1 heterocycles. The van der Waals surface area contributed by atoms with Crippen molar-refractivity contribution < 1.29 is 4.42 Å². The molecule has 0 amide bonds. The van der Waals surface area contributed by atoms with Gasteiger partial charge in [-0.15, -0.1) is 0 Å². The van der Waals surface area contributed by atoms with Crippen LogP contribution < -0.4 is 5.73 Å². The largest absolute Gasteiger partial charge is 0.455 e. The van der Waals surface area contributed by atoms with Crippen LogP contribution in [0.2, 0.25) is 0 Å². The number of fused-ring (bicyclic) bond motifs is 1. The monoisotopic (exact) mass is 335 g/mol. The van der Waals surface area contributed by atoms with Crippen molar-refractivity contribution >= 4 is 39.2 Å². The summed E-state index contributed by atoms with van der Waals surface area (Å²) in [4.78, 5) is 0. The number of hydrogen-bond acceptors (Lipinski definition) is 2. The first-order chi connectivity index (χ1) is 8.25. The lowest BCUT2D eigenvalue weighted by atomic mass is 10.1. The number of benzene rings is 2. The average Bonchev–Trinajstić information content (AvgIpc) is 2.68. The number of hydrogen-bond donors (Lipinski definition) is 1. The Balaban J connectivity index is 2.28. The zero-order valence-corrected chi connectivity index (χ0v) is 11.1. The van der Waals surface area contributed by atoms with Gasteiger partial charge in [-0.2, -0.15) is 0 Å². The maximum absolute atomic E-state index is 5.88. The van der Waals surface area contributed by atoms with E-state index in [0.29, 0.717) is 0 Å². The van der Waals surface area contributed by atoms with E-state index >= 15 is 0 Å². The van der Waals surface area contributed by atoms with Gasteiger partial charge in [-0.25, -0.2) is 0 Å². The second-order valence-electron chi connectivity index (χ2n) is 3.87. The highest BCUT2D eigenvalue weighted by Crippen LogP contribution is 2.35. The highest BCUT2D eigenvalue weighted by atomic mass is 127.